The van der Waals surface area contributed by atoms with Gasteiger partial charge in [0.25, 0.3) is 0 Å². The van der Waals surface area contributed by atoms with E-state index in [0.29, 0.717) is 24.4 Å². The van der Waals surface area contributed by atoms with Gasteiger partial charge >= 0.3 is 0 Å². The number of ether oxygens (including phenoxy) is 3. The zero-order valence-corrected chi connectivity index (χ0v) is 20.3. The second-order valence-corrected chi connectivity index (χ2v) is 11.5. The fraction of sp³-hybridized carbons (Fsp3) is 0.786. The van der Waals surface area contributed by atoms with Crippen molar-refractivity contribution in [2.24, 2.45) is 28.6 Å². The van der Waals surface area contributed by atoms with E-state index in [1.165, 1.54) is 24.8 Å². The summed E-state index contributed by atoms with van der Waals surface area (Å²) in [6, 6.07) is 0. The molecule has 1 saturated heterocycles. The average molecular weight is 443 g/mol. The van der Waals surface area contributed by atoms with E-state index < -0.39 is 5.60 Å². The average Bonchev–Trinajstić information content (AvgIpc) is 3.08. The van der Waals surface area contributed by atoms with E-state index in [4.69, 9.17) is 14.2 Å². The van der Waals surface area contributed by atoms with Crippen molar-refractivity contribution in [2.45, 2.75) is 89.9 Å². The summed E-state index contributed by atoms with van der Waals surface area (Å²) in [6.07, 6.45) is 19.9. The number of hydrogen-bond acceptors (Lipinski definition) is 4. The molecule has 0 aromatic rings. The molecule has 2 saturated carbocycles. The fourth-order valence-corrected chi connectivity index (χ4v) is 8.03. The standard InChI is InChI=1S/C28H42O4/c1-26-14-10-21(30-3)19-20(26)8-9-22-23(26)11-15-27(2)24(22)12-16-28(27,29)13-6-18-32-25-7-4-5-17-31-25/h6,8,13,19,22-25,29H,4-5,7,9-12,14-18H2,1-3H3/t22?,23?,24?,25?,26-,27-,28-/m0/s1. The van der Waals surface area contributed by atoms with Crippen LogP contribution < -0.4 is 0 Å². The molecule has 0 aromatic carbocycles. The zero-order chi connectivity index (χ0) is 22.4. The Morgan fingerprint density at radius 3 is 2.75 bits per heavy atom. The van der Waals surface area contributed by atoms with E-state index in [1.54, 1.807) is 7.11 Å². The highest BCUT2D eigenvalue weighted by Gasteiger charge is 2.62. The predicted octanol–water partition coefficient (Wildman–Crippen LogP) is 5.92. The maximum atomic E-state index is 11.8. The minimum Gasteiger partial charge on any atom is -0.501 e. The molecule has 7 atom stereocenters. The molecule has 4 nitrogen and oxygen atoms in total. The summed E-state index contributed by atoms with van der Waals surface area (Å²) in [4.78, 5) is 0. The summed E-state index contributed by atoms with van der Waals surface area (Å²) in [7, 11) is 1.80. The molecule has 1 aliphatic heterocycles. The number of fused-ring (bicyclic) bond motifs is 5. The first-order chi connectivity index (χ1) is 15.4. The van der Waals surface area contributed by atoms with Crippen molar-refractivity contribution in [3.05, 3.63) is 35.6 Å². The van der Waals surface area contributed by atoms with Gasteiger partial charge in [-0.15, -0.1) is 0 Å². The Kier molecular flexibility index (Phi) is 6.09. The number of methoxy groups -OCH3 is 1. The zero-order valence-electron chi connectivity index (χ0n) is 20.3. The van der Waals surface area contributed by atoms with Crippen molar-refractivity contribution < 1.29 is 19.3 Å². The van der Waals surface area contributed by atoms with Gasteiger partial charge in [-0.05, 0) is 92.6 Å². The Morgan fingerprint density at radius 1 is 1.12 bits per heavy atom. The quantitative estimate of drug-likeness (QED) is 0.537. The molecule has 0 bridgehead atoms. The van der Waals surface area contributed by atoms with Crippen LogP contribution in [0, 0.1) is 28.6 Å². The van der Waals surface area contributed by atoms with Gasteiger partial charge in [-0.2, -0.15) is 0 Å². The lowest BCUT2D eigenvalue weighted by molar-refractivity contribution is -0.155. The first kappa shape index (κ1) is 22.7. The Hall–Kier alpha value is -1.10. The first-order valence-electron chi connectivity index (χ1n) is 13.0. The summed E-state index contributed by atoms with van der Waals surface area (Å²) in [5.74, 6) is 3.11. The monoisotopic (exact) mass is 442 g/mol. The number of aliphatic hydroxyl groups is 1. The Labute approximate surface area is 194 Å². The molecule has 0 amide bonds. The minimum atomic E-state index is -0.722. The highest BCUT2D eigenvalue weighted by atomic mass is 16.7. The van der Waals surface area contributed by atoms with E-state index >= 15 is 0 Å². The lowest BCUT2D eigenvalue weighted by atomic mass is 9.47. The largest absolute Gasteiger partial charge is 0.501 e. The predicted molar refractivity (Wildman–Crippen MR) is 126 cm³/mol. The van der Waals surface area contributed by atoms with Crippen molar-refractivity contribution in [3.8, 4) is 0 Å². The van der Waals surface area contributed by atoms with Crippen LogP contribution >= 0.6 is 0 Å². The third-order valence-electron chi connectivity index (χ3n) is 10.1. The van der Waals surface area contributed by atoms with E-state index in [2.05, 4.69) is 38.2 Å². The minimum absolute atomic E-state index is 0.0457. The molecule has 0 radical (unpaired) electrons. The van der Waals surface area contributed by atoms with Crippen LogP contribution in [0.25, 0.3) is 0 Å². The normalized spacial score (nSPS) is 46.1. The summed E-state index contributed by atoms with van der Waals surface area (Å²) < 4.78 is 17.1. The lowest BCUT2D eigenvalue weighted by Gasteiger charge is -2.57. The van der Waals surface area contributed by atoms with Gasteiger partial charge in [0.2, 0.25) is 0 Å². The molecule has 32 heavy (non-hydrogen) atoms. The Bertz CT molecular complexity index is 793. The smallest absolute Gasteiger partial charge is 0.157 e. The molecular weight excluding hydrogens is 400 g/mol. The first-order valence-corrected chi connectivity index (χ1v) is 13.0. The van der Waals surface area contributed by atoms with Crippen molar-refractivity contribution >= 4 is 0 Å². The van der Waals surface area contributed by atoms with Crippen LogP contribution in [-0.2, 0) is 14.2 Å². The molecule has 4 unspecified atom stereocenters. The number of rotatable bonds is 5. The van der Waals surface area contributed by atoms with E-state index in [-0.39, 0.29) is 17.1 Å². The van der Waals surface area contributed by atoms with Crippen molar-refractivity contribution in [1.82, 2.24) is 0 Å². The highest BCUT2D eigenvalue weighted by molar-refractivity contribution is 5.36. The summed E-state index contributed by atoms with van der Waals surface area (Å²) >= 11 is 0. The molecule has 5 rings (SSSR count). The molecule has 4 heteroatoms. The van der Waals surface area contributed by atoms with Crippen molar-refractivity contribution in [1.29, 1.82) is 0 Å². The summed E-state index contributed by atoms with van der Waals surface area (Å²) in [5.41, 5.74) is 0.993. The fourth-order valence-electron chi connectivity index (χ4n) is 8.03. The van der Waals surface area contributed by atoms with Gasteiger partial charge in [0.1, 0.15) is 0 Å². The topological polar surface area (TPSA) is 47.9 Å². The number of allylic oxidation sites excluding steroid dienone is 4. The molecule has 4 aliphatic carbocycles. The van der Waals surface area contributed by atoms with Crippen LogP contribution in [0.15, 0.2) is 35.6 Å². The van der Waals surface area contributed by atoms with Crippen LogP contribution in [0.4, 0.5) is 0 Å². The van der Waals surface area contributed by atoms with E-state index in [0.717, 1.165) is 57.3 Å². The van der Waals surface area contributed by atoms with Gasteiger partial charge < -0.3 is 19.3 Å². The van der Waals surface area contributed by atoms with Gasteiger partial charge in [0.15, 0.2) is 6.29 Å². The molecular formula is C28H42O4. The van der Waals surface area contributed by atoms with Crippen LogP contribution in [-0.4, -0.2) is 37.3 Å². The Morgan fingerprint density at radius 2 is 1.97 bits per heavy atom. The van der Waals surface area contributed by atoms with Crippen LogP contribution in [0.5, 0.6) is 0 Å². The molecule has 0 spiro atoms. The van der Waals surface area contributed by atoms with Crippen LogP contribution in [0.3, 0.4) is 0 Å². The molecule has 5 aliphatic rings. The van der Waals surface area contributed by atoms with Gasteiger partial charge in [-0.3, -0.25) is 0 Å². The van der Waals surface area contributed by atoms with Gasteiger partial charge in [-0.25, -0.2) is 0 Å². The molecule has 0 aromatic heterocycles. The SMILES string of the molecule is COC1=CC2=CCC3C(CC[C@@]4(C)C3CC[C@@]4(O)C=CCOC3CCCCO3)[C@@]2(C)CC1. The maximum absolute atomic E-state index is 11.8. The third kappa shape index (κ3) is 3.61. The second kappa shape index (κ2) is 8.60. The third-order valence-corrected chi connectivity index (χ3v) is 10.1. The highest BCUT2D eigenvalue weighted by Crippen LogP contribution is 2.67. The van der Waals surface area contributed by atoms with Crippen LogP contribution in [0.1, 0.15) is 78.1 Å². The van der Waals surface area contributed by atoms with E-state index in [1.807, 2.05) is 0 Å². The van der Waals surface area contributed by atoms with Crippen LogP contribution in [0.2, 0.25) is 0 Å². The lowest BCUT2D eigenvalue weighted by Crippen LogP contribution is -2.53. The molecule has 1 heterocycles. The summed E-state index contributed by atoms with van der Waals surface area (Å²) in [6.45, 7) is 6.19. The van der Waals surface area contributed by atoms with Crippen molar-refractivity contribution in [2.75, 3.05) is 20.3 Å². The summed E-state index contributed by atoms with van der Waals surface area (Å²) in [5, 5.41) is 11.8. The van der Waals surface area contributed by atoms with E-state index in [9.17, 15) is 5.11 Å². The molecule has 1 N–H and O–H groups in total. The van der Waals surface area contributed by atoms with Crippen molar-refractivity contribution in [3.63, 3.8) is 0 Å². The van der Waals surface area contributed by atoms with Gasteiger partial charge in [0.05, 0.1) is 25.1 Å². The Balaban J connectivity index is 1.30. The van der Waals surface area contributed by atoms with Gasteiger partial charge in [-0.1, -0.05) is 32.1 Å². The molecule has 178 valence electrons. The molecule has 3 fully saturated rings. The maximum Gasteiger partial charge on any atom is 0.157 e. The number of hydrogen-bond donors (Lipinski definition) is 1. The second-order valence-electron chi connectivity index (χ2n) is 11.5. The van der Waals surface area contributed by atoms with Gasteiger partial charge in [0, 0.05) is 18.4 Å².